The van der Waals surface area contributed by atoms with E-state index in [4.69, 9.17) is 10.5 Å². The van der Waals surface area contributed by atoms with Crippen LogP contribution in [-0.4, -0.2) is 27.7 Å². The van der Waals surface area contributed by atoms with Crippen LogP contribution in [0.1, 0.15) is 17.4 Å². The maximum absolute atomic E-state index is 11.0. The molecule has 0 saturated heterocycles. The van der Waals surface area contributed by atoms with Gasteiger partial charge in [-0.25, -0.2) is 4.98 Å². The molecule has 0 aromatic carbocycles. The molecule has 2 aromatic heterocycles. The van der Waals surface area contributed by atoms with E-state index in [1.54, 1.807) is 12.1 Å². The van der Waals surface area contributed by atoms with Crippen LogP contribution in [0.2, 0.25) is 0 Å². The first-order valence-electron chi connectivity index (χ1n) is 4.50. The zero-order chi connectivity index (χ0) is 10.8. The normalized spacial score (nSPS) is 10.5. The number of primary amides is 1. The van der Waals surface area contributed by atoms with E-state index in [9.17, 15) is 4.79 Å². The quantitative estimate of drug-likeness (QED) is 0.762. The van der Waals surface area contributed by atoms with E-state index in [1.807, 2.05) is 6.92 Å². The van der Waals surface area contributed by atoms with E-state index < -0.39 is 5.91 Å². The second-order valence-corrected chi connectivity index (χ2v) is 2.92. The minimum absolute atomic E-state index is 0.131. The Labute approximate surface area is 85.4 Å². The maximum atomic E-state index is 11.0. The van der Waals surface area contributed by atoms with Crippen molar-refractivity contribution in [2.24, 2.45) is 5.73 Å². The molecule has 0 atom stereocenters. The molecular weight excluding hydrogens is 196 g/mol. The lowest BCUT2D eigenvalue weighted by Gasteiger charge is -2.00. The number of ether oxygens (including phenoxy) is 1. The number of hydrogen-bond acceptors (Lipinski definition) is 4. The van der Waals surface area contributed by atoms with Gasteiger partial charge in [0.05, 0.1) is 12.1 Å². The lowest BCUT2D eigenvalue weighted by molar-refractivity contribution is 0.0997. The molecule has 15 heavy (non-hydrogen) atoms. The van der Waals surface area contributed by atoms with Gasteiger partial charge in [-0.3, -0.25) is 9.89 Å². The molecule has 2 aromatic rings. The molecule has 2 rings (SSSR count). The lowest BCUT2D eigenvalue weighted by Crippen LogP contribution is -2.12. The SMILES string of the molecule is CCOc1ccc2[nH]nc(C(N)=O)c2n1. The Bertz CT molecular complexity index is 506. The Morgan fingerprint density at radius 3 is 3.07 bits per heavy atom. The third kappa shape index (κ3) is 1.61. The molecule has 0 bridgehead atoms. The van der Waals surface area contributed by atoms with E-state index in [0.717, 1.165) is 0 Å². The fraction of sp³-hybridized carbons (Fsp3) is 0.222. The molecule has 0 aliphatic carbocycles. The van der Waals surface area contributed by atoms with Crippen LogP contribution in [0.5, 0.6) is 5.88 Å². The molecule has 0 fully saturated rings. The zero-order valence-corrected chi connectivity index (χ0v) is 8.15. The smallest absolute Gasteiger partial charge is 0.271 e. The van der Waals surface area contributed by atoms with Gasteiger partial charge in [-0.15, -0.1) is 0 Å². The standard InChI is InChI=1S/C9H10N4O2/c1-2-15-6-4-3-5-7(11-6)8(9(10)14)13-12-5/h3-4H,2H2,1H3,(H2,10,14)(H,12,13). The summed E-state index contributed by atoms with van der Waals surface area (Å²) in [6.45, 7) is 2.37. The second-order valence-electron chi connectivity index (χ2n) is 2.92. The van der Waals surface area contributed by atoms with Gasteiger partial charge in [-0.2, -0.15) is 5.10 Å². The number of pyridine rings is 1. The predicted molar refractivity (Wildman–Crippen MR) is 53.6 cm³/mol. The molecule has 6 nitrogen and oxygen atoms in total. The third-order valence-electron chi connectivity index (χ3n) is 1.91. The van der Waals surface area contributed by atoms with Crippen molar-refractivity contribution in [2.45, 2.75) is 6.92 Å². The van der Waals surface area contributed by atoms with Gasteiger partial charge in [0, 0.05) is 6.07 Å². The van der Waals surface area contributed by atoms with Gasteiger partial charge in [0.25, 0.3) is 5.91 Å². The number of H-pyrrole nitrogens is 1. The first-order chi connectivity index (χ1) is 7.22. The minimum Gasteiger partial charge on any atom is -0.478 e. The van der Waals surface area contributed by atoms with Crippen LogP contribution in [0.25, 0.3) is 11.0 Å². The molecule has 3 N–H and O–H groups in total. The highest BCUT2D eigenvalue weighted by molar-refractivity contribution is 6.02. The van der Waals surface area contributed by atoms with Gasteiger partial charge < -0.3 is 10.5 Å². The van der Waals surface area contributed by atoms with Crippen molar-refractivity contribution in [3.63, 3.8) is 0 Å². The molecule has 0 radical (unpaired) electrons. The number of aromatic amines is 1. The van der Waals surface area contributed by atoms with Crippen molar-refractivity contribution in [3.05, 3.63) is 17.8 Å². The largest absolute Gasteiger partial charge is 0.478 e. The number of fused-ring (bicyclic) bond motifs is 1. The van der Waals surface area contributed by atoms with Crippen LogP contribution in [0.4, 0.5) is 0 Å². The zero-order valence-electron chi connectivity index (χ0n) is 8.15. The van der Waals surface area contributed by atoms with Gasteiger partial charge in [0.1, 0.15) is 5.52 Å². The molecule has 0 saturated carbocycles. The predicted octanol–water partition coefficient (Wildman–Crippen LogP) is 0.455. The highest BCUT2D eigenvalue weighted by Crippen LogP contribution is 2.17. The molecule has 0 aliphatic heterocycles. The molecule has 0 unspecified atom stereocenters. The summed E-state index contributed by atoms with van der Waals surface area (Å²) >= 11 is 0. The van der Waals surface area contributed by atoms with Crippen LogP contribution in [0.15, 0.2) is 12.1 Å². The summed E-state index contributed by atoms with van der Waals surface area (Å²) in [6.07, 6.45) is 0. The van der Waals surface area contributed by atoms with E-state index in [2.05, 4.69) is 15.2 Å². The number of hydrogen-bond donors (Lipinski definition) is 2. The van der Waals surface area contributed by atoms with E-state index >= 15 is 0 Å². The monoisotopic (exact) mass is 206 g/mol. The first kappa shape index (κ1) is 9.45. The van der Waals surface area contributed by atoms with Crippen molar-refractivity contribution in [1.29, 1.82) is 0 Å². The molecule has 0 spiro atoms. The Morgan fingerprint density at radius 2 is 2.40 bits per heavy atom. The topological polar surface area (TPSA) is 93.9 Å². The molecule has 1 amide bonds. The van der Waals surface area contributed by atoms with Crippen molar-refractivity contribution in [3.8, 4) is 5.88 Å². The minimum atomic E-state index is -0.609. The second kappa shape index (κ2) is 3.56. The molecule has 0 aliphatic rings. The Hall–Kier alpha value is -2.11. The summed E-state index contributed by atoms with van der Waals surface area (Å²) in [5, 5.41) is 6.45. The van der Waals surface area contributed by atoms with Crippen molar-refractivity contribution in [1.82, 2.24) is 15.2 Å². The average Bonchev–Trinajstić information content (AvgIpc) is 2.61. The Kier molecular flexibility index (Phi) is 2.24. The highest BCUT2D eigenvalue weighted by atomic mass is 16.5. The Morgan fingerprint density at radius 1 is 1.60 bits per heavy atom. The van der Waals surface area contributed by atoms with Gasteiger partial charge in [0.2, 0.25) is 5.88 Å². The summed E-state index contributed by atoms with van der Waals surface area (Å²) in [5.41, 5.74) is 6.38. The van der Waals surface area contributed by atoms with Gasteiger partial charge in [0.15, 0.2) is 5.69 Å². The third-order valence-corrected chi connectivity index (χ3v) is 1.91. The fourth-order valence-electron chi connectivity index (χ4n) is 1.28. The van der Waals surface area contributed by atoms with Gasteiger partial charge in [-0.1, -0.05) is 0 Å². The van der Waals surface area contributed by atoms with Crippen LogP contribution in [0.3, 0.4) is 0 Å². The van der Waals surface area contributed by atoms with Crippen molar-refractivity contribution in [2.75, 3.05) is 6.61 Å². The number of amides is 1. The summed E-state index contributed by atoms with van der Waals surface area (Å²) in [5.74, 6) is -0.156. The number of nitrogens with two attached hydrogens (primary N) is 1. The van der Waals surface area contributed by atoms with Gasteiger partial charge in [-0.05, 0) is 13.0 Å². The van der Waals surface area contributed by atoms with Crippen LogP contribution in [-0.2, 0) is 0 Å². The number of nitrogens with zero attached hydrogens (tertiary/aromatic N) is 2. The Balaban J connectivity index is 2.56. The number of rotatable bonds is 3. The number of carbonyl (C=O) groups is 1. The molecule has 2 heterocycles. The number of nitrogens with one attached hydrogen (secondary N) is 1. The summed E-state index contributed by atoms with van der Waals surface area (Å²) in [4.78, 5) is 15.1. The van der Waals surface area contributed by atoms with Crippen LogP contribution in [0, 0.1) is 0 Å². The van der Waals surface area contributed by atoms with E-state index in [0.29, 0.717) is 23.5 Å². The van der Waals surface area contributed by atoms with Crippen molar-refractivity contribution < 1.29 is 9.53 Å². The molecule has 6 heteroatoms. The molecule has 78 valence electrons. The highest BCUT2D eigenvalue weighted by Gasteiger charge is 2.12. The average molecular weight is 206 g/mol. The first-order valence-corrected chi connectivity index (χ1v) is 4.50. The van der Waals surface area contributed by atoms with E-state index in [-0.39, 0.29) is 5.69 Å². The molecular formula is C9H10N4O2. The summed E-state index contributed by atoms with van der Waals surface area (Å²) in [6, 6.07) is 3.45. The number of carbonyl (C=O) groups excluding carboxylic acids is 1. The summed E-state index contributed by atoms with van der Waals surface area (Å²) < 4.78 is 5.21. The van der Waals surface area contributed by atoms with E-state index in [1.165, 1.54) is 0 Å². The van der Waals surface area contributed by atoms with Crippen LogP contribution >= 0.6 is 0 Å². The lowest BCUT2D eigenvalue weighted by atomic mass is 10.3. The maximum Gasteiger partial charge on any atom is 0.271 e. The number of aromatic nitrogens is 3. The fourth-order valence-corrected chi connectivity index (χ4v) is 1.28. The van der Waals surface area contributed by atoms with Crippen LogP contribution < -0.4 is 10.5 Å². The summed E-state index contributed by atoms with van der Waals surface area (Å²) in [7, 11) is 0. The van der Waals surface area contributed by atoms with Crippen molar-refractivity contribution >= 4 is 16.9 Å². The van der Waals surface area contributed by atoms with Gasteiger partial charge >= 0.3 is 0 Å².